The first-order valence-electron chi connectivity index (χ1n) is 7.31. The molecule has 1 N–H and O–H groups in total. The van der Waals surface area contributed by atoms with Crippen LogP contribution in [-0.4, -0.2) is 25.2 Å². The van der Waals surface area contributed by atoms with Crippen molar-refractivity contribution < 1.29 is 0 Å². The highest BCUT2D eigenvalue weighted by Gasteiger charge is 2.26. The van der Waals surface area contributed by atoms with Gasteiger partial charge in [0.15, 0.2) is 0 Å². The van der Waals surface area contributed by atoms with Crippen LogP contribution in [0.1, 0.15) is 39.2 Å². The fraction of sp³-hybridized carbons (Fsp3) is 0.625. The molecule has 0 aromatic heterocycles. The summed E-state index contributed by atoms with van der Waals surface area (Å²) in [7, 11) is 0. The van der Waals surface area contributed by atoms with Gasteiger partial charge in [0.25, 0.3) is 0 Å². The van der Waals surface area contributed by atoms with Gasteiger partial charge in [-0.3, -0.25) is 0 Å². The monoisotopic (exact) mass is 246 g/mol. The van der Waals surface area contributed by atoms with E-state index in [2.05, 4.69) is 55.3 Å². The van der Waals surface area contributed by atoms with E-state index in [9.17, 15) is 0 Å². The molecule has 1 aromatic rings. The number of anilines is 1. The highest BCUT2D eigenvalue weighted by Crippen LogP contribution is 2.31. The number of hydrogen-bond acceptors (Lipinski definition) is 2. The predicted octanol–water partition coefficient (Wildman–Crippen LogP) is 3.22. The largest absolute Gasteiger partial charge is 0.365 e. The molecule has 0 saturated carbocycles. The van der Waals surface area contributed by atoms with Crippen LogP contribution in [0.2, 0.25) is 0 Å². The molecule has 1 aromatic carbocycles. The van der Waals surface area contributed by atoms with Crippen molar-refractivity contribution in [2.45, 2.75) is 52.1 Å². The second kappa shape index (κ2) is 6.24. The Balaban J connectivity index is 2.10. The van der Waals surface area contributed by atoms with Gasteiger partial charge in [-0.05, 0) is 51.3 Å². The maximum Gasteiger partial charge on any atom is 0.0404 e. The minimum atomic E-state index is 0.563. The average molecular weight is 246 g/mol. The number of para-hydroxylation sites is 1. The molecule has 0 fully saturated rings. The van der Waals surface area contributed by atoms with Crippen LogP contribution >= 0.6 is 0 Å². The van der Waals surface area contributed by atoms with E-state index in [-0.39, 0.29) is 0 Å². The maximum atomic E-state index is 3.54. The molecule has 2 rings (SSSR count). The summed E-state index contributed by atoms with van der Waals surface area (Å²) in [5.74, 6) is 0. The van der Waals surface area contributed by atoms with Crippen LogP contribution in [0.15, 0.2) is 24.3 Å². The van der Waals surface area contributed by atoms with Crippen LogP contribution in [0.25, 0.3) is 0 Å². The molecular weight excluding hydrogens is 220 g/mol. The lowest BCUT2D eigenvalue weighted by Gasteiger charge is -2.41. The van der Waals surface area contributed by atoms with Gasteiger partial charge in [0.05, 0.1) is 0 Å². The smallest absolute Gasteiger partial charge is 0.0404 e. The summed E-state index contributed by atoms with van der Waals surface area (Å²) < 4.78 is 0. The topological polar surface area (TPSA) is 15.3 Å². The second-order valence-corrected chi connectivity index (χ2v) is 5.48. The number of aryl methyl sites for hydroxylation is 1. The zero-order chi connectivity index (χ0) is 13.0. The van der Waals surface area contributed by atoms with Gasteiger partial charge in [0, 0.05) is 24.3 Å². The number of benzene rings is 1. The lowest BCUT2D eigenvalue weighted by atomic mass is 9.95. The van der Waals surface area contributed by atoms with E-state index in [1.54, 1.807) is 0 Å². The third-order valence-electron chi connectivity index (χ3n) is 3.92. The Kier molecular flexibility index (Phi) is 4.65. The van der Waals surface area contributed by atoms with E-state index in [4.69, 9.17) is 0 Å². The van der Waals surface area contributed by atoms with Gasteiger partial charge in [0.2, 0.25) is 0 Å². The minimum Gasteiger partial charge on any atom is -0.365 e. The summed E-state index contributed by atoms with van der Waals surface area (Å²) in [6, 6.07) is 10.1. The van der Waals surface area contributed by atoms with Crippen LogP contribution in [0.5, 0.6) is 0 Å². The van der Waals surface area contributed by atoms with E-state index in [1.165, 1.54) is 30.5 Å². The highest BCUT2D eigenvalue weighted by atomic mass is 15.2. The van der Waals surface area contributed by atoms with Crippen LogP contribution in [0, 0.1) is 0 Å². The molecule has 0 saturated heterocycles. The van der Waals surface area contributed by atoms with Crippen molar-refractivity contribution >= 4 is 5.69 Å². The van der Waals surface area contributed by atoms with Crippen LogP contribution in [0.4, 0.5) is 5.69 Å². The molecule has 2 heteroatoms. The van der Waals surface area contributed by atoms with Gasteiger partial charge in [-0.1, -0.05) is 25.1 Å². The highest BCUT2D eigenvalue weighted by molar-refractivity contribution is 5.57. The number of hydrogen-bond donors (Lipinski definition) is 1. The summed E-state index contributed by atoms with van der Waals surface area (Å²) >= 11 is 0. The second-order valence-electron chi connectivity index (χ2n) is 5.48. The van der Waals surface area contributed by atoms with Crippen molar-refractivity contribution in [3.63, 3.8) is 0 Å². The van der Waals surface area contributed by atoms with Crippen molar-refractivity contribution in [1.82, 2.24) is 5.32 Å². The standard InChI is InChI=1S/C16H26N2/c1-4-11-17-12-14(3)18-13(2)9-10-15-7-5-6-8-16(15)18/h5-8,13-14,17H,4,9-12H2,1-3H3. The fourth-order valence-corrected chi connectivity index (χ4v) is 2.97. The SMILES string of the molecule is CCCNCC(C)N1c2ccccc2CCC1C. The Labute approximate surface area is 111 Å². The van der Waals surface area contributed by atoms with Crippen molar-refractivity contribution in [3.8, 4) is 0 Å². The molecule has 1 aliphatic rings. The average Bonchev–Trinajstić information content (AvgIpc) is 2.38. The molecule has 2 nitrogen and oxygen atoms in total. The van der Waals surface area contributed by atoms with Crippen molar-refractivity contribution in [3.05, 3.63) is 29.8 Å². The molecule has 1 aliphatic heterocycles. The summed E-state index contributed by atoms with van der Waals surface area (Å²) in [5, 5.41) is 3.54. The van der Waals surface area contributed by atoms with E-state index < -0.39 is 0 Å². The van der Waals surface area contributed by atoms with Gasteiger partial charge in [0.1, 0.15) is 0 Å². The number of rotatable bonds is 5. The van der Waals surface area contributed by atoms with Crippen molar-refractivity contribution in [2.75, 3.05) is 18.0 Å². The zero-order valence-corrected chi connectivity index (χ0v) is 11.9. The van der Waals surface area contributed by atoms with E-state index >= 15 is 0 Å². The quantitative estimate of drug-likeness (QED) is 0.803. The number of nitrogens with zero attached hydrogens (tertiary/aromatic N) is 1. The molecule has 0 aliphatic carbocycles. The lowest BCUT2D eigenvalue weighted by Crippen LogP contribution is -2.47. The number of nitrogens with one attached hydrogen (secondary N) is 1. The van der Waals surface area contributed by atoms with Crippen LogP contribution in [0.3, 0.4) is 0 Å². The first-order chi connectivity index (χ1) is 8.74. The molecule has 1 heterocycles. The molecule has 2 unspecified atom stereocenters. The minimum absolute atomic E-state index is 0.563. The predicted molar refractivity (Wildman–Crippen MR) is 79.3 cm³/mol. The zero-order valence-electron chi connectivity index (χ0n) is 11.9. The Hall–Kier alpha value is -1.02. The Morgan fingerprint density at radius 3 is 2.94 bits per heavy atom. The summed E-state index contributed by atoms with van der Waals surface area (Å²) in [6.07, 6.45) is 3.71. The van der Waals surface area contributed by atoms with Gasteiger partial charge in [-0.2, -0.15) is 0 Å². The number of fused-ring (bicyclic) bond motifs is 1. The van der Waals surface area contributed by atoms with E-state index in [1.807, 2.05) is 0 Å². The Bertz CT molecular complexity index is 375. The van der Waals surface area contributed by atoms with Crippen molar-refractivity contribution in [2.24, 2.45) is 0 Å². The summed E-state index contributed by atoms with van der Waals surface area (Å²) in [4.78, 5) is 2.60. The molecule has 0 radical (unpaired) electrons. The van der Waals surface area contributed by atoms with Gasteiger partial charge in [-0.15, -0.1) is 0 Å². The third-order valence-corrected chi connectivity index (χ3v) is 3.92. The molecule has 18 heavy (non-hydrogen) atoms. The van der Waals surface area contributed by atoms with Crippen molar-refractivity contribution in [1.29, 1.82) is 0 Å². The molecule has 100 valence electrons. The van der Waals surface area contributed by atoms with Crippen LogP contribution < -0.4 is 10.2 Å². The summed E-state index contributed by atoms with van der Waals surface area (Å²) in [5.41, 5.74) is 2.96. The normalized spacial score (nSPS) is 20.6. The van der Waals surface area contributed by atoms with E-state index in [0.29, 0.717) is 12.1 Å². The van der Waals surface area contributed by atoms with E-state index in [0.717, 1.165) is 13.1 Å². The first kappa shape index (κ1) is 13.4. The van der Waals surface area contributed by atoms with Crippen LogP contribution in [-0.2, 0) is 6.42 Å². The maximum absolute atomic E-state index is 3.54. The third kappa shape index (κ3) is 2.86. The summed E-state index contributed by atoms with van der Waals surface area (Å²) in [6.45, 7) is 9.10. The van der Waals surface area contributed by atoms with Gasteiger partial charge in [-0.25, -0.2) is 0 Å². The first-order valence-corrected chi connectivity index (χ1v) is 7.31. The fourth-order valence-electron chi connectivity index (χ4n) is 2.97. The molecule has 0 amide bonds. The molecule has 0 bridgehead atoms. The van der Waals surface area contributed by atoms with Gasteiger partial charge >= 0.3 is 0 Å². The Morgan fingerprint density at radius 1 is 1.39 bits per heavy atom. The Morgan fingerprint density at radius 2 is 2.17 bits per heavy atom. The van der Waals surface area contributed by atoms with Gasteiger partial charge < -0.3 is 10.2 Å². The molecular formula is C16H26N2. The molecule has 2 atom stereocenters. The molecule has 0 spiro atoms. The lowest BCUT2D eigenvalue weighted by molar-refractivity contribution is 0.478.